The van der Waals surface area contributed by atoms with E-state index in [1.54, 1.807) is 6.07 Å². The Morgan fingerprint density at radius 2 is 2.21 bits per heavy atom. The predicted molar refractivity (Wildman–Crippen MR) is 79.1 cm³/mol. The summed E-state index contributed by atoms with van der Waals surface area (Å²) in [6, 6.07) is 5.91. The lowest BCUT2D eigenvalue weighted by atomic mass is 9.84. The van der Waals surface area contributed by atoms with Crippen LogP contribution < -0.4 is 11.1 Å². The summed E-state index contributed by atoms with van der Waals surface area (Å²) in [4.78, 5) is 12.3. The van der Waals surface area contributed by atoms with Crippen LogP contribution >= 0.6 is 0 Å². The van der Waals surface area contributed by atoms with E-state index in [-0.39, 0.29) is 5.91 Å². The van der Waals surface area contributed by atoms with Gasteiger partial charge in [0.15, 0.2) is 0 Å². The minimum Gasteiger partial charge on any atom is -0.398 e. The van der Waals surface area contributed by atoms with Gasteiger partial charge in [-0.25, -0.2) is 0 Å². The molecule has 0 saturated heterocycles. The van der Waals surface area contributed by atoms with Crippen molar-refractivity contribution in [2.24, 2.45) is 5.92 Å². The Morgan fingerprint density at radius 3 is 2.95 bits per heavy atom. The maximum absolute atomic E-state index is 12.3. The van der Waals surface area contributed by atoms with E-state index < -0.39 is 0 Å². The van der Waals surface area contributed by atoms with Crippen LogP contribution in [0.25, 0.3) is 0 Å². The number of rotatable bonds is 3. The van der Waals surface area contributed by atoms with Crippen molar-refractivity contribution in [1.29, 1.82) is 0 Å². The smallest absolute Gasteiger partial charge is 0.253 e. The fourth-order valence-corrected chi connectivity index (χ4v) is 2.92. The SMILES string of the molecule is CCC1CCCC(NC(=O)c2cc(C)ccc2N)C1. The van der Waals surface area contributed by atoms with Gasteiger partial charge < -0.3 is 11.1 Å². The lowest BCUT2D eigenvalue weighted by Gasteiger charge is -2.29. The maximum Gasteiger partial charge on any atom is 0.253 e. The van der Waals surface area contributed by atoms with Crippen molar-refractivity contribution in [1.82, 2.24) is 5.32 Å². The number of amides is 1. The van der Waals surface area contributed by atoms with Gasteiger partial charge >= 0.3 is 0 Å². The molecule has 2 rings (SSSR count). The summed E-state index contributed by atoms with van der Waals surface area (Å²) in [5, 5.41) is 3.15. The first-order chi connectivity index (χ1) is 9.10. The number of nitrogens with two attached hydrogens (primary N) is 1. The standard InChI is InChI=1S/C16H24N2O/c1-3-12-5-4-6-13(10-12)18-16(19)14-9-11(2)7-8-15(14)17/h7-9,12-13H,3-6,10,17H2,1-2H3,(H,18,19). The van der Waals surface area contributed by atoms with E-state index in [0.29, 0.717) is 17.3 Å². The molecular weight excluding hydrogens is 236 g/mol. The van der Waals surface area contributed by atoms with Gasteiger partial charge in [0.2, 0.25) is 0 Å². The highest BCUT2D eigenvalue weighted by Crippen LogP contribution is 2.27. The molecule has 1 aromatic rings. The molecule has 0 aromatic heterocycles. The topological polar surface area (TPSA) is 55.1 Å². The quantitative estimate of drug-likeness (QED) is 0.819. The molecule has 1 fully saturated rings. The van der Waals surface area contributed by atoms with E-state index >= 15 is 0 Å². The van der Waals surface area contributed by atoms with E-state index in [1.165, 1.54) is 19.3 Å². The first kappa shape index (κ1) is 13.9. The Balaban J connectivity index is 2.02. The van der Waals surface area contributed by atoms with Crippen LogP contribution in [0.3, 0.4) is 0 Å². The number of aryl methyl sites for hydroxylation is 1. The molecule has 104 valence electrons. The average molecular weight is 260 g/mol. The highest BCUT2D eigenvalue weighted by Gasteiger charge is 2.23. The summed E-state index contributed by atoms with van der Waals surface area (Å²) in [5.41, 5.74) is 8.12. The average Bonchev–Trinajstić information content (AvgIpc) is 2.41. The lowest BCUT2D eigenvalue weighted by Crippen LogP contribution is -2.38. The monoisotopic (exact) mass is 260 g/mol. The van der Waals surface area contributed by atoms with Crippen LogP contribution in [0.15, 0.2) is 18.2 Å². The molecule has 1 amide bonds. The number of carbonyl (C=O) groups excluding carboxylic acids is 1. The van der Waals surface area contributed by atoms with Crippen LogP contribution in [0.1, 0.15) is 54.9 Å². The van der Waals surface area contributed by atoms with Crippen LogP contribution in [-0.2, 0) is 0 Å². The number of hydrogen-bond donors (Lipinski definition) is 2. The molecule has 3 heteroatoms. The van der Waals surface area contributed by atoms with Gasteiger partial charge in [0.05, 0.1) is 5.56 Å². The Kier molecular flexibility index (Phi) is 4.46. The summed E-state index contributed by atoms with van der Waals surface area (Å²) in [7, 11) is 0. The zero-order chi connectivity index (χ0) is 13.8. The molecular formula is C16H24N2O. The van der Waals surface area contributed by atoms with Crippen molar-refractivity contribution in [3.05, 3.63) is 29.3 Å². The van der Waals surface area contributed by atoms with E-state index in [1.807, 2.05) is 19.1 Å². The highest BCUT2D eigenvalue weighted by atomic mass is 16.1. The molecule has 1 aliphatic rings. The first-order valence-electron chi connectivity index (χ1n) is 7.27. The van der Waals surface area contributed by atoms with Gasteiger partial charge in [-0.3, -0.25) is 4.79 Å². The van der Waals surface area contributed by atoms with Crippen molar-refractivity contribution >= 4 is 11.6 Å². The zero-order valence-corrected chi connectivity index (χ0v) is 11.9. The Bertz CT molecular complexity index is 456. The molecule has 0 bridgehead atoms. The number of anilines is 1. The highest BCUT2D eigenvalue weighted by molar-refractivity contribution is 5.99. The third-order valence-electron chi connectivity index (χ3n) is 4.15. The minimum atomic E-state index is -0.0250. The van der Waals surface area contributed by atoms with Crippen molar-refractivity contribution < 1.29 is 4.79 Å². The Hall–Kier alpha value is -1.51. The fraction of sp³-hybridized carbons (Fsp3) is 0.562. The number of hydrogen-bond acceptors (Lipinski definition) is 2. The van der Waals surface area contributed by atoms with Crippen LogP contribution in [0.4, 0.5) is 5.69 Å². The molecule has 2 unspecified atom stereocenters. The van der Waals surface area contributed by atoms with E-state index in [2.05, 4.69) is 12.2 Å². The van der Waals surface area contributed by atoms with Gasteiger partial charge in [0, 0.05) is 11.7 Å². The van der Waals surface area contributed by atoms with Crippen molar-refractivity contribution in [2.75, 3.05) is 5.73 Å². The second kappa shape index (κ2) is 6.09. The summed E-state index contributed by atoms with van der Waals surface area (Å²) in [6.45, 7) is 4.21. The van der Waals surface area contributed by atoms with Crippen LogP contribution in [0, 0.1) is 12.8 Å². The van der Waals surface area contributed by atoms with Crippen LogP contribution in [0.2, 0.25) is 0 Å². The van der Waals surface area contributed by atoms with Crippen LogP contribution in [-0.4, -0.2) is 11.9 Å². The van der Waals surface area contributed by atoms with Gasteiger partial charge in [-0.1, -0.05) is 37.8 Å². The van der Waals surface area contributed by atoms with E-state index in [9.17, 15) is 4.79 Å². The van der Waals surface area contributed by atoms with Crippen LogP contribution in [0.5, 0.6) is 0 Å². The number of nitrogens with one attached hydrogen (secondary N) is 1. The molecule has 1 saturated carbocycles. The largest absolute Gasteiger partial charge is 0.398 e. The van der Waals surface area contributed by atoms with Crippen molar-refractivity contribution in [3.63, 3.8) is 0 Å². The molecule has 0 spiro atoms. The van der Waals surface area contributed by atoms with Crippen molar-refractivity contribution in [3.8, 4) is 0 Å². The van der Waals surface area contributed by atoms with Gasteiger partial charge in [0.1, 0.15) is 0 Å². The molecule has 19 heavy (non-hydrogen) atoms. The molecule has 3 N–H and O–H groups in total. The second-order valence-electron chi connectivity index (χ2n) is 5.70. The number of nitrogen functional groups attached to an aromatic ring is 1. The second-order valence-corrected chi connectivity index (χ2v) is 5.70. The van der Waals surface area contributed by atoms with E-state index in [4.69, 9.17) is 5.73 Å². The molecule has 2 atom stereocenters. The molecule has 0 radical (unpaired) electrons. The zero-order valence-electron chi connectivity index (χ0n) is 11.9. The third kappa shape index (κ3) is 3.49. The van der Waals surface area contributed by atoms with Gasteiger partial charge in [-0.05, 0) is 37.8 Å². The number of benzene rings is 1. The predicted octanol–water partition coefficient (Wildman–Crippen LogP) is 3.28. The van der Waals surface area contributed by atoms with Gasteiger partial charge in [-0.2, -0.15) is 0 Å². The Labute approximate surface area is 115 Å². The van der Waals surface area contributed by atoms with E-state index in [0.717, 1.165) is 24.3 Å². The summed E-state index contributed by atoms with van der Waals surface area (Å²) in [5.74, 6) is 0.733. The molecule has 0 heterocycles. The summed E-state index contributed by atoms with van der Waals surface area (Å²) >= 11 is 0. The first-order valence-corrected chi connectivity index (χ1v) is 7.27. The number of carbonyl (C=O) groups is 1. The maximum atomic E-state index is 12.3. The Morgan fingerprint density at radius 1 is 1.42 bits per heavy atom. The molecule has 0 aliphatic heterocycles. The minimum absolute atomic E-state index is 0.0250. The molecule has 1 aliphatic carbocycles. The third-order valence-corrected chi connectivity index (χ3v) is 4.15. The summed E-state index contributed by atoms with van der Waals surface area (Å²) < 4.78 is 0. The molecule has 3 nitrogen and oxygen atoms in total. The van der Waals surface area contributed by atoms with Gasteiger partial charge in [0.25, 0.3) is 5.91 Å². The lowest BCUT2D eigenvalue weighted by molar-refractivity contribution is 0.0920. The summed E-state index contributed by atoms with van der Waals surface area (Å²) in [6.07, 6.45) is 5.92. The molecule has 1 aromatic carbocycles. The van der Waals surface area contributed by atoms with Gasteiger partial charge in [-0.15, -0.1) is 0 Å². The van der Waals surface area contributed by atoms with Crippen molar-refractivity contribution in [2.45, 2.75) is 52.0 Å². The normalized spacial score (nSPS) is 23.1. The fourth-order valence-electron chi connectivity index (χ4n) is 2.92.